The van der Waals surface area contributed by atoms with E-state index in [0.29, 0.717) is 17.7 Å². The van der Waals surface area contributed by atoms with Crippen LogP contribution in [0.25, 0.3) is 0 Å². The highest BCUT2D eigenvalue weighted by Crippen LogP contribution is 2.26. The van der Waals surface area contributed by atoms with Crippen LogP contribution in [0.2, 0.25) is 0 Å². The maximum Gasteiger partial charge on any atom is 0.254 e. The van der Waals surface area contributed by atoms with Crippen LogP contribution in [0.1, 0.15) is 37.6 Å². The molecule has 1 unspecified atom stereocenters. The van der Waals surface area contributed by atoms with E-state index in [2.05, 4.69) is 5.32 Å². The predicted octanol–water partition coefficient (Wildman–Crippen LogP) is 1.95. The summed E-state index contributed by atoms with van der Waals surface area (Å²) in [5.74, 6) is -0.209. The molecule has 0 aromatic heterocycles. The van der Waals surface area contributed by atoms with Crippen molar-refractivity contribution in [1.82, 2.24) is 5.32 Å². The average Bonchev–Trinajstić information content (AvgIpc) is 2.45. The molecule has 0 saturated heterocycles. The fraction of sp³-hybridized carbons (Fsp3) is 0.429. The first-order valence-electron chi connectivity index (χ1n) is 6.29. The maximum atomic E-state index is 12.4. The molecule has 1 aliphatic heterocycles. The van der Waals surface area contributed by atoms with Gasteiger partial charge in [-0.3, -0.25) is 9.59 Å². The summed E-state index contributed by atoms with van der Waals surface area (Å²) in [6, 6.07) is 6.83. The Labute approximate surface area is 107 Å². The molecule has 0 radical (unpaired) electrons. The second-order valence-corrected chi connectivity index (χ2v) is 4.75. The molecule has 4 nitrogen and oxygen atoms in total. The largest absolute Gasteiger partial charge is 0.340 e. The first-order chi connectivity index (χ1) is 8.56. The number of para-hydroxylation sites is 1. The lowest BCUT2D eigenvalue weighted by Crippen LogP contribution is -2.47. The third kappa shape index (κ3) is 1.98. The Morgan fingerprint density at radius 2 is 1.94 bits per heavy atom. The summed E-state index contributed by atoms with van der Waals surface area (Å²) in [5, 5.41) is 2.79. The molecule has 1 N–H and O–H groups in total. The van der Waals surface area contributed by atoms with Crippen molar-refractivity contribution in [2.45, 2.75) is 39.3 Å². The monoisotopic (exact) mass is 246 g/mol. The van der Waals surface area contributed by atoms with E-state index >= 15 is 0 Å². The smallest absolute Gasteiger partial charge is 0.254 e. The zero-order valence-electron chi connectivity index (χ0n) is 10.9. The summed E-state index contributed by atoms with van der Waals surface area (Å²) < 4.78 is 0. The molecule has 1 aromatic rings. The van der Waals surface area contributed by atoms with Crippen LogP contribution in [-0.2, 0) is 4.79 Å². The number of amides is 2. The Hall–Kier alpha value is -1.84. The Balaban J connectivity index is 2.57. The summed E-state index contributed by atoms with van der Waals surface area (Å²) in [4.78, 5) is 26.2. The van der Waals surface area contributed by atoms with Gasteiger partial charge in [0, 0.05) is 6.04 Å². The van der Waals surface area contributed by atoms with E-state index in [1.54, 1.807) is 11.0 Å². The SMILES string of the molecule is CCC1NC(=O)c2ccccc2N(C(C)C)C1=O. The number of carbonyl (C=O) groups excluding carboxylic acids is 2. The predicted molar refractivity (Wildman–Crippen MR) is 70.6 cm³/mol. The molecule has 18 heavy (non-hydrogen) atoms. The number of carbonyl (C=O) groups is 2. The molecule has 0 saturated carbocycles. The molecule has 0 fully saturated rings. The molecular formula is C14H18N2O2. The van der Waals surface area contributed by atoms with Crippen LogP contribution >= 0.6 is 0 Å². The average molecular weight is 246 g/mol. The lowest BCUT2D eigenvalue weighted by Gasteiger charge is -2.28. The van der Waals surface area contributed by atoms with E-state index in [-0.39, 0.29) is 17.9 Å². The van der Waals surface area contributed by atoms with Crippen molar-refractivity contribution in [3.8, 4) is 0 Å². The quantitative estimate of drug-likeness (QED) is 0.867. The van der Waals surface area contributed by atoms with E-state index < -0.39 is 6.04 Å². The van der Waals surface area contributed by atoms with Crippen LogP contribution in [0.5, 0.6) is 0 Å². The molecule has 1 atom stereocenters. The minimum atomic E-state index is -0.438. The van der Waals surface area contributed by atoms with Crippen LogP contribution in [0.3, 0.4) is 0 Å². The molecule has 2 rings (SSSR count). The standard InChI is InChI=1S/C14H18N2O2/c1-4-11-14(18)16(9(2)3)12-8-6-5-7-10(12)13(17)15-11/h5-9,11H,4H2,1-3H3,(H,15,17). The molecule has 1 aromatic carbocycles. The van der Waals surface area contributed by atoms with Crippen molar-refractivity contribution in [1.29, 1.82) is 0 Å². The summed E-state index contributed by atoms with van der Waals surface area (Å²) in [5.41, 5.74) is 1.27. The van der Waals surface area contributed by atoms with Gasteiger partial charge in [-0.05, 0) is 32.4 Å². The highest BCUT2D eigenvalue weighted by molar-refractivity contribution is 6.11. The van der Waals surface area contributed by atoms with Crippen molar-refractivity contribution >= 4 is 17.5 Å². The molecule has 4 heteroatoms. The fourth-order valence-corrected chi connectivity index (χ4v) is 2.27. The van der Waals surface area contributed by atoms with Crippen molar-refractivity contribution in [2.24, 2.45) is 0 Å². The second kappa shape index (κ2) is 4.80. The highest BCUT2D eigenvalue weighted by atomic mass is 16.2. The summed E-state index contributed by atoms with van der Waals surface area (Å²) in [6.07, 6.45) is 0.599. The van der Waals surface area contributed by atoms with E-state index in [4.69, 9.17) is 0 Å². The zero-order chi connectivity index (χ0) is 13.3. The first kappa shape index (κ1) is 12.6. The van der Waals surface area contributed by atoms with Gasteiger partial charge in [-0.25, -0.2) is 0 Å². The number of nitrogens with one attached hydrogen (secondary N) is 1. The number of benzene rings is 1. The van der Waals surface area contributed by atoms with Crippen molar-refractivity contribution in [3.63, 3.8) is 0 Å². The fourth-order valence-electron chi connectivity index (χ4n) is 2.27. The normalized spacial score (nSPS) is 19.6. The van der Waals surface area contributed by atoms with Gasteiger partial charge in [-0.1, -0.05) is 19.1 Å². The number of rotatable bonds is 2. The molecule has 96 valence electrons. The third-order valence-electron chi connectivity index (χ3n) is 3.17. The van der Waals surface area contributed by atoms with Gasteiger partial charge in [0.2, 0.25) is 5.91 Å². The molecule has 1 heterocycles. The minimum absolute atomic E-state index is 0.0281. The molecule has 0 aliphatic carbocycles. The van der Waals surface area contributed by atoms with Gasteiger partial charge >= 0.3 is 0 Å². The summed E-state index contributed by atoms with van der Waals surface area (Å²) in [6.45, 7) is 5.81. The number of hydrogen-bond donors (Lipinski definition) is 1. The number of fused-ring (bicyclic) bond motifs is 1. The van der Waals surface area contributed by atoms with E-state index in [1.807, 2.05) is 39.0 Å². The Bertz CT molecular complexity index is 482. The Morgan fingerprint density at radius 1 is 1.28 bits per heavy atom. The lowest BCUT2D eigenvalue weighted by atomic mass is 10.1. The number of nitrogens with zero attached hydrogens (tertiary/aromatic N) is 1. The van der Waals surface area contributed by atoms with Crippen LogP contribution in [0, 0.1) is 0 Å². The topological polar surface area (TPSA) is 49.4 Å². The van der Waals surface area contributed by atoms with Crippen LogP contribution < -0.4 is 10.2 Å². The van der Waals surface area contributed by atoms with Crippen LogP contribution in [0.15, 0.2) is 24.3 Å². The van der Waals surface area contributed by atoms with Gasteiger partial charge < -0.3 is 10.2 Å². The second-order valence-electron chi connectivity index (χ2n) is 4.75. The summed E-state index contributed by atoms with van der Waals surface area (Å²) in [7, 11) is 0. The first-order valence-corrected chi connectivity index (χ1v) is 6.29. The number of anilines is 1. The van der Waals surface area contributed by atoms with E-state index in [0.717, 1.165) is 0 Å². The molecule has 2 amide bonds. The maximum absolute atomic E-state index is 12.4. The van der Waals surface area contributed by atoms with E-state index in [9.17, 15) is 9.59 Å². The van der Waals surface area contributed by atoms with Crippen molar-refractivity contribution < 1.29 is 9.59 Å². The van der Waals surface area contributed by atoms with E-state index in [1.165, 1.54) is 0 Å². The minimum Gasteiger partial charge on any atom is -0.340 e. The van der Waals surface area contributed by atoms with Gasteiger partial charge in [0.15, 0.2) is 0 Å². The Morgan fingerprint density at radius 3 is 2.56 bits per heavy atom. The summed E-state index contributed by atoms with van der Waals surface area (Å²) >= 11 is 0. The lowest BCUT2D eigenvalue weighted by molar-refractivity contribution is -0.120. The van der Waals surface area contributed by atoms with Gasteiger partial charge in [-0.15, -0.1) is 0 Å². The van der Waals surface area contributed by atoms with Crippen LogP contribution in [-0.4, -0.2) is 23.9 Å². The van der Waals surface area contributed by atoms with Crippen molar-refractivity contribution in [2.75, 3.05) is 4.90 Å². The Kier molecular flexibility index (Phi) is 3.36. The zero-order valence-corrected chi connectivity index (χ0v) is 10.9. The molecular weight excluding hydrogens is 228 g/mol. The molecule has 0 spiro atoms. The van der Waals surface area contributed by atoms with Gasteiger partial charge in [-0.2, -0.15) is 0 Å². The van der Waals surface area contributed by atoms with Gasteiger partial charge in [0.05, 0.1) is 11.3 Å². The molecule has 0 bridgehead atoms. The van der Waals surface area contributed by atoms with Gasteiger partial charge in [0.1, 0.15) is 6.04 Å². The third-order valence-corrected chi connectivity index (χ3v) is 3.17. The number of hydrogen-bond acceptors (Lipinski definition) is 2. The van der Waals surface area contributed by atoms with Crippen molar-refractivity contribution in [3.05, 3.63) is 29.8 Å². The van der Waals surface area contributed by atoms with Gasteiger partial charge in [0.25, 0.3) is 5.91 Å². The molecule has 1 aliphatic rings. The van der Waals surface area contributed by atoms with Crippen LogP contribution in [0.4, 0.5) is 5.69 Å². The highest BCUT2D eigenvalue weighted by Gasteiger charge is 2.33.